The van der Waals surface area contributed by atoms with E-state index in [4.69, 9.17) is 51.1 Å². The molecule has 0 aliphatic carbocycles. The lowest BCUT2D eigenvalue weighted by atomic mass is 10.1. The number of ether oxygens (including phenoxy) is 1. The van der Waals surface area contributed by atoms with Gasteiger partial charge in [0.15, 0.2) is 5.75 Å². The van der Waals surface area contributed by atoms with Crippen LogP contribution in [0.2, 0.25) is 20.1 Å². The molecular formula is C18H11Cl4NO2. The van der Waals surface area contributed by atoms with Crippen LogP contribution in [-0.2, 0) is 11.2 Å². The fourth-order valence-corrected chi connectivity index (χ4v) is 3.47. The average molecular weight is 415 g/mol. The highest BCUT2D eigenvalue weighted by atomic mass is 35.5. The summed E-state index contributed by atoms with van der Waals surface area (Å²) in [5.41, 5.74) is 1.67. The van der Waals surface area contributed by atoms with Crippen molar-refractivity contribution in [2.75, 3.05) is 0 Å². The molecule has 0 saturated carbocycles. The van der Waals surface area contributed by atoms with Crippen LogP contribution in [0, 0.1) is 6.92 Å². The van der Waals surface area contributed by atoms with Gasteiger partial charge in [0.2, 0.25) is 0 Å². The highest BCUT2D eigenvalue weighted by molar-refractivity contribution is 6.40. The number of hydrogen-bond acceptors (Lipinski definition) is 3. The topological polar surface area (TPSA) is 39.2 Å². The maximum Gasteiger partial charge on any atom is 0.315 e. The number of aromatic nitrogens is 1. The molecule has 0 radical (unpaired) electrons. The van der Waals surface area contributed by atoms with E-state index in [9.17, 15) is 4.79 Å². The molecule has 0 N–H and O–H groups in total. The van der Waals surface area contributed by atoms with Crippen LogP contribution >= 0.6 is 46.4 Å². The van der Waals surface area contributed by atoms with E-state index in [0.717, 1.165) is 5.69 Å². The van der Waals surface area contributed by atoms with Crippen molar-refractivity contribution in [2.45, 2.75) is 13.3 Å². The normalized spacial score (nSPS) is 10.9. The van der Waals surface area contributed by atoms with Crippen molar-refractivity contribution in [2.24, 2.45) is 0 Å². The van der Waals surface area contributed by atoms with E-state index in [2.05, 4.69) is 4.98 Å². The number of carbonyl (C=O) groups excluding carboxylic acids is 1. The summed E-state index contributed by atoms with van der Waals surface area (Å²) < 4.78 is 5.47. The van der Waals surface area contributed by atoms with Crippen molar-refractivity contribution in [1.82, 2.24) is 4.98 Å². The van der Waals surface area contributed by atoms with Gasteiger partial charge in [0.05, 0.1) is 16.5 Å². The SMILES string of the molecule is Cc1ccc2c(Cl)cc(Cl)c(OC(=O)Cc3c(Cl)cccc3Cl)c2n1. The summed E-state index contributed by atoms with van der Waals surface area (Å²) in [6.07, 6.45) is -0.0925. The molecule has 0 fully saturated rings. The summed E-state index contributed by atoms with van der Waals surface area (Å²) in [7, 11) is 0. The van der Waals surface area contributed by atoms with Gasteiger partial charge in [-0.15, -0.1) is 0 Å². The van der Waals surface area contributed by atoms with Gasteiger partial charge in [-0.25, -0.2) is 4.98 Å². The van der Waals surface area contributed by atoms with Crippen molar-refractivity contribution >= 4 is 63.3 Å². The summed E-state index contributed by atoms with van der Waals surface area (Å²) in [5, 5.41) is 2.07. The molecule has 3 nitrogen and oxygen atoms in total. The Morgan fingerprint density at radius 3 is 2.36 bits per heavy atom. The van der Waals surface area contributed by atoms with Gasteiger partial charge in [-0.1, -0.05) is 52.5 Å². The van der Waals surface area contributed by atoms with Gasteiger partial charge in [-0.2, -0.15) is 0 Å². The van der Waals surface area contributed by atoms with E-state index < -0.39 is 5.97 Å². The minimum Gasteiger partial charge on any atom is -0.422 e. The first-order valence-electron chi connectivity index (χ1n) is 7.25. The molecule has 25 heavy (non-hydrogen) atoms. The third kappa shape index (κ3) is 3.85. The van der Waals surface area contributed by atoms with Crippen LogP contribution in [0.25, 0.3) is 10.9 Å². The van der Waals surface area contributed by atoms with Gasteiger partial charge in [0.25, 0.3) is 0 Å². The first-order valence-corrected chi connectivity index (χ1v) is 8.77. The van der Waals surface area contributed by atoms with Gasteiger partial charge in [-0.05, 0) is 37.3 Å². The molecular weight excluding hydrogens is 404 g/mol. The largest absolute Gasteiger partial charge is 0.422 e. The Labute approximate surface area is 164 Å². The van der Waals surface area contributed by atoms with Crippen LogP contribution in [0.1, 0.15) is 11.3 Å². The summed E-state index contributed by atoms with van der Waals surface area (Å²) in [4.78, 5) is 16.8. The van der Waals surface area contributed by atoms with Gasteiger partial charge in [-0.3, -0.25) is 4.79 Å². The first-order chi connectivity index (χ1) is 11.9. The maximum atomic E-state index is 12.4. The van der Waals surface area contributed by atoms with Gasteiger partial charge >= 0.3 is 5.97 Å². The Morgan fingerprint density at radius 2 is 1.68 bits per heavy atom. The molecule has 1 aromatic heterocycles. The average Bonchev–Trinajstić information content (AvgIpc) is 2.55. The van der Waals surface area contributed by atoms with E-state index in [1.807, 2.05) is 13.0 Å². The Hall–Kier alpha value is -1.52. The van der Waals surface area contributed by atoms with Gasteiger partial charge < -0.3 is 4.74 Å². The molecule has 3 rings (SSSR count). The molecule has 0 bridgehead atoms. The fourth-order valence-electron chi connectivity index (χ4n) is 2.38. The van der Waals surface area contributed by atoms with Crippen molar-refractivity contribution in [3.63, 3.8) is 0 Å². The first kappa shape index (κ1) is 18.3. The minimum absolute atomic E-state index is 0.0925. The lowest BCUT2D eigenvalue weighted by molar-refractivity contribution is -0.133. The van der Waals surface area contributed by atoms with Crippen LogP contribution in [0.3, 0.4) is 0 Å². The number of fused-ring (bicyclic) bond motifs is 1. The van der Waals surface area contributed by atoms with E-state index in [0.29, 0.717) is 31.5 Å². The number of esters is 1. The molecule has 0 atom stereocenters. The molecule has 128 valence electrons. The number of hydrogen-bond donors (Lipinski definition) is 0. The highest BCUT2D eigenvalue weighted by Gasteiger charge is 2.18. The zero-order valence-electron chi connectivity index (χ0n) is 12.9. The molecule has 0 amide bonds. The molecule has 0 saturated heterocycles. The molecule has 7 heteroatoms. The van der Waals surface area contributed by atoms with Crippen LogP contribution < -0.4 is 4.74 Å². The summed E-state index contributed by atoms with van der Waals surface area (Å²) in [6, 6.07) is 10.2. The Kier molecular flexibility index (Phi) is 5.40. The highest BCUT2D eigenvalue weighted by Crippen LogP contribution is 2.37. The third-order valence-corrected chi connectivity index (χ3v) is 4.88. The van der Waals surface area contributed by atoms with Crippen LogP contribution in [-0.4, -0.2) is 11.0 Å². The molecule has 2 aromatic carbocycles. The molecule has 0 unspecified atom stereocenters. The second-order valence-electron chi connectivity index (χ2n) is 5.37. The molecule has 0 spiro atoms. The van der Waals surface area contributed by atoms with E-state index in [-0.39, 0.29) is 17.2 Å². The number of nitrogens with zero attached hydrogens (tertiary/aromatic N) is 1. The van der Waals surface area contributed by atoms with E-state index >= 15 is 0 Å². The third-order valence-electron chi connectivity index (χ3n) is 3.58. The second-order valence-corrected chi connectivity index (χ2v) is 7.00. The number of benzene rings is 2. The monoisotopic (exact) mass is 413 g/mol. The van der Waals surface area contributed by atoms with Gasteiger partial charge in [0, 0.05) is 26.7 Å². The quantitative estimate of drug-likeness (QED) is 0.372. The number of rotatable bonds is 3. The summed E-state index contributed by atoms with van der Waals surface area (Å²) >= 11 is 24.6. The summed E-state index contributed by atoms with van der Waals surface area (Å²) in [5.74, 6) is -0.387. The summed E-state index contributed by atoms with van der Waals surface area (Å²) in [6.45, 7) is 1.82. The zero-order valence-corrected chi connectivity index (χ0v) is 16.0. The molecule has 0 aliphatic heterocycles. The van der Waals surface area contributed by atoms with E-state index in [1.54, 1.807) is 24.3 Å². The lowest BCUT2D eigenvalue weighted by Crippen LogP contribution is -2.13. The molecule has 3 aromatic rings. The van der Waals surface area contributed by atoms with Crippen LogP contribution in [0.5, 0.6) is 5.75 Å². The number of aryl methyl sites for hydroxylation is 1. The number of carbonyl (C=O) groups is 1. The smallest absolute Gasteiger partial charge is 0.315 e. The molecule has 0 aliphatic rings. The second kappa shape index (κ2) is 7.38. The van der Waals surface area contributed by atoms with Gasteiger partial charge in [0.1, 0.15) is 5.52 Å². The maximum absolute atomic E-state index is 12.4. The Bertz CT molecular complexity index is 968. The van der Waals surface area contributed by atoms with Crippen LogP contribution in [0.15, 0.2) is 36.4 Å². The Balaban J connectivity index is 1.98. The predicted octanol–water partition coefficient (Wildman–Crippen LogP) is 6.30. The number of pyridine rings is 1. The van der Waals surface area contributed by atoms with Crippen molar-refractivity contribution in [3.8, 4) is 5.75 Å². The minimum atomic E-state index is -0.552. The Morgan fingerprint density at radius 1 is 1.00 bits per heavy atom. The molecule has 1 heterocycles. The zero-order chi connectivity index (χ0) is 18.1. The van der Waals surface area contributed by atoms with Crippen molar-refractivity contribution in [1.29, 1.82) is 0 Å². The fraction of sp³-hybridized carbons (Fsp3) is 0.111. The van der Waals surface area contributed by atoms with Crippen molar-refractivity contribution in [3.05, 3.63) is 67.7 Å². The van der Waals surface area contributed by atoms with Crippen molar-refractivity contribution < 1.29 is 9.53 Å². The van der Waals surface area contributed by atoms with Crippen LogP contribution in [0.4, 0.5) is 0 Å². The standard InChI is InChI=1S/C18H11Cl4NO2/c1-9-5-6-10-14(21)8-15(22)18(17(10)23-9)25-16(24)7-11-12(19)3-2-4-13(11)20/h2-6,8H,7H2,1H3. The lowest BCUT2D eigenvalue weighted by Gasteiger charge is -2.12. The van der Waals surface area contributed by atoms with E-state index in [1.165, 1.54) is 6.07 Å². The predicted molar refractivity (Wildman–Crippen MR) is 102 cm³/mol. The number of halogens is 4.